The second-order valence-corrected chi connectivity index (χ2v) is 7.10. The Morgan fingerprint density at radius 2 is 1.77 bits per heavy atom. The van der Waals surface area contributed by atoms with E-state index in [9.17, 15) is 4.79 Å². The number of fused-ring (bicyclic) bond motifs is 1. The normalized spacial score (nSPS) is 12.0. The van der Waals surface area contributed by atoms with Gasteiger partial charge >= 0.3 is 5.56 Å². The first-order chi connectivity index (χ1) is 10.3. The molecule has 0 aliphatic carbocycles. The summed E-state index contributed by atoms with van der Waals surface area (Å²) >= 11 is 1.31. The van der Waals surface area contributed by atoms with E-state index >= 15 is 0 Å². The van der Waals surface area contributed by atoms with E-state index < -0.39 is 5.56 Å². The number of hydrogen-bond donors (Lipinski definition) is 2. The minimum atomic E-state index is -0.434. The van der Waals surface area contributed by atoms with Crippen molar-refractivity contribution >= 4 is 27.8 Å². The molecule has 3 aromatic rings. The lowest BCUT2D eigenvalue weighted by atomic mass is 9.87. The van der Waals surface area contributed by atoms with Crippen LogP contribution in [-0.2, 0) is 5.41 Å². The number of anilines is 2. The molecule has 2 heterocycles. The fourth-order valence-corrected chi connectivity index (χ4v) is 3.01. The Balaban J connectivity index is 2.11. The predicted octanol–water partition coefficient (Wildman–Crippen LogP) is 2.28. The Morgan fingerprint density at radius 1 is 1.14 bits per heavy atom. The van der Waals surface area contributed by atoms with Crippen LogP contribution in [-0.4, -0.2) is 14.6 Å². The molecule has 7 heteroatoms. The van der Waals surface area contributed by atoms with Gasteiger partial charge in [-0.1, -0.05) is 56.4 Å². The van der Waals surface area contributed by atoms with Gasteiger partial charge in [-0.15, -0.1) is 0 Å². The Bertz CT molecular complexity index is 903. The molecule has 0 aliphatic heterocycles. The number of nitrogen functional groups attached to an aromatic ring is 2. The van der Waals surface area contributed by atoms with Crippen LogP contribution in [0.3, 0.4) is 0 Å². The van der Waals surface area contributed by atoms with Crippen LogP contribution in [0.1, 0.15) is 26.3 Å². The molecule has 0 aliphatic rings. The van der Waals surface area contributed by atoms with Gasteiger partial charge in [0.05, 0.1) is 0 Å². The molecular formula is C15H17N5OS. The minimum Gasteiger partial charge on any atom is -0.391 e. The van der Waals surface area contributed by atoms with Crippen LogP contribution in [0.25, 0.3) is 15.5 Å². The maximum Gasteiger partial charge on any atom is 0.300 e. The zero-order chi connectivity index (χ0) is 16.1. The monoisotopic (exact) mass is 315 g/mol. The second-order valence-electron chi connectivity index (χ2n) is 6.14. The first-order valence-electron chi connectivity index (χ1n) is 6.83. The topological polar surface area (TPSA) is 99.3 Å². The van der Waals surface area contributed by atoms with Crippen molar-refractivity contribution in [2.75, 3.05) is 11.5 Å². The van der Waals surface area contributed by atoms with Crippen molar-refractivity contribution < 1.29 is 0 Å². The van der Waals surface area contributed by atoms with Gasteiger partial charge in [0.15, 0.2) is 5.82 Å². The molecule has 4 N–H and O–H groups in total. The molecule has 0 radical (unpaired) electrons. The molecule has 1 aromatic carbocycles. The van der Waals surface area contributed by atoms with E-state index in [2.05, 4.69) is 43.0 Å². The first kappa shape index (κ1) is 14.5. The van der Waals surface area contributed by atoms with Crippen LogP contribution in [0.15, 0.2) is 29.1 Å². The summed E-state index contributed by atoms with van der Waals surface area (Å²) in [5.41, 5.74) is 13.0. The Kier molecular flexibility index (Phi) is 3.17. The van der Waals surface area contributed by atoms with Gasteiger partial charge in [-0.25, -0.2) is 0 Å². The zero-order valence-corrected chi connectivity index (χ0v) is 13.4. The number of benzene rings is 1. The third-order valence-electron chi connectivity index (χ3n) is 3.47. The zero-order valence-electron chi connectivity index (χ0n) is 12.6. The van der Waals surface area contributed by atoms with Crippen molar-refractivity contribution in [2.24, 2.45) is 0 Å². The van der Waals surface area contributed by atoms with E-state index in [0.29, 0.717) is 9.97 Å². The lowest BCUT2D eigenvalue weighted by molar-refractivity contribution is 0.590. The number of nitrogens with two attached hydrogens (primary N) is 2. The number of rotatable bonds is 1. The third-order valence-corrected chi connectivity index (χ3v) is 4.43. The van der Waals surface area contributed by atoms with Gasteiger partial charge in [0.2, 0.25) is 4.96 Å². The van der Waals surface area contributed by atoms with Crippen LogP contribution >= 0.6 is 11.3 Å². The summed E-state index contributed by atoms with van der Waals surface area (Å²) in [6.45, 7) is 6.48. The average Bonchev–Trinajstić information content (AvgIpc) is 2.88. The van der Waals surface area contributed by atoms with Crippen molar-refractivity contribution in [2.45, 2.75) is 26.2 Å². The average molecular weight is 315 g/mol. The molecule has 0 unspecified atom stereocenters. The largest absolute Gasteiger partial charge is 0.391 e. The van der Waals surface area contributed by atoms with Crippen molar-refractivity contribution in [3.8, 4) is 10.6 Å². The van der Waals surface area contributed by atoms with E-state index in [4.69, 9.17) is 11.5 Å². The molecule has 0 spiro atoms. The molecule has 22 heavy (non-hydrogen) atoms. The molecule has 0 atom stereocenters. The van der Waals surface area contributed by atoms with Crippen LogP contribution < -0.4 is 17.0 Å². The van der Waals surface area contributed by atoms with Crippen molar-refractivity contribution in [3.05, 3.63) is 40.2 Å². The molecular weight excluding hydrogens is 298 g/mol. The van der Waals surface area contributed by atoms with E-state index in [-0.39, 0.29) is 16.9 Å². The minimum absolute atomic E-state index is 0.0447. The summed E-state index contributed by atoms with van der Waals surface area (Å²) in [6.07, 6.45) is 0. The molecule has 0 saturated heterocycles. The van der Waals surface area contributed by atoms with Crippen molar-refractivity contribution in [3.63, 3.8) is 0 Å². The lowest BCUT2D eigenvalue weighted by Crippen LogP contribution is -2.20. The lowest BCUT2D eigenvalue weighted by Gasteiger charge is -2.18. The van der Waals surface area contributed by atoms with Gasteiger partial charge in [-0.3, -0.25) is 4.79 Å². The first-order valence-corrected chi connectivity index (χ1v) is 7.65. The highest BCUT2D eigenvalue weighted by Gasteiger charge is 2.16. The quantitative estimate of drug-likeness (QED) is 0.717. The van der Waals surface area contributed by atoms with Gasteiger partial charge in [-0.05, 0) is 11.0 Å². The maximum absolute atomic E-state index is 12.0. The van der Waals surface area contributed by atoms with Crippen LogP contribution in [0.4, 0.5) is 11.5 Å². The molecule has 2 aromatic heterocycles. The van der Waals surface area contributed by atoms with Gasteiger partial charge in [0.25, 0.3) is 0 Å². The highest BCUT2D eigenvalue weighted by atomic mass is 32.1. The van der Waals surface area contributed by atoms with Gasteiger partial charge in [-0.2, -0.15) is 14.6 Å². The number of hydrogen-bond acceptors (Lipinski definition) is 6. The van der Waals surface area contributed by atoms with Crippen LogP contribution in [0.5, 0.6) is 0 Å². The highest BCUT2D eigenvalue weighted by Crippen LogP contribution is 2.28. The Hall–Kier alpha value is -2.41. The van der Waals surface area contributed by atoms with Gasteiger partial charge in [0, 0.05) is 5.56 Å². The van der Waals surface area contributed by atoms with Crippen molar-refractivity contribution in [1.82, 2.24) is 14.6 Å². The predicted molar refractivity (Wildman–Crippen MR) is 90.1 cm³/mol. The smallest absolute Gasteiger partial charge is 0.300 e. The maximum atomic E-state index is 12.0. The summed E-state index contributed by atoms with van der Waals surface area (Å²) in [5.74, 6) is 0.0447. The molecule has 0 saturated carbocycles. The standard InChI is InChI=1S/C15H17N5OS/c1-15(2,3)9-6-4-8(5-7-9)12-19-20-13(21)10(16)11(17)18-14(20)22-12/h4-7H,16-17H2,1-3H3. The molecule has 0 fully saturated rings. The van der Waals surface area contributed by atoms with E-state index in [1.165, 1.54) is 21.4 Å². The van der Waals surface area contributed by atoms with Gasteiger partial charge < -0.3 is 11.5 Å². The summed E-state index contributed by atoms with van der Waals surface area (Å²) < 4.78 is 1.20. The van der Waals surface area contributed by atoms with Crippen molar-refractivity contribution in [1.29, 1.82) is 0 Å². The highest BCUT2D eigenvalue weighted by molar-refractivity contribution is 7.19. The summed E-state index contributed by atoms with van der Waals surface area (Å²) in [5, 5.41) is 5.00. The molecule has 0 amide bonds. The number of nitrogens with zero attached hydrogens (tertiary/aromatic N) is 3. The SMILES string of the molecule is CC(C)(C)c1ccc(-c2nn3c(=O)c(N)c(N)nc3s2)cc1. The second kappa shape index (κ2) is 4.81. The van der Waals surface area contributed by atoms with Crippen LogP contribution in [0, 0.1) is 0 Å². The fourth-order valence-electron chi connectivity index (χ4n) is 2.10. The number of aromatic nitrogens is 3. The molecule has 6 nitrogen and oxygen atoms in total. The molecule has 0 bridgehead atoms. The van der Waals surface area contributed by atoms with E-state index in [0.717, 1.165) is 5.56 Å². The molecule has 114 valence electrons. The third kappa shape index (κ3) is 2.33. The summed E-state index contributed by atoms with van der Waals surface area (Å²) in [7, 11) is 0. The Labute approximate surface area is 131 Å². The van der Waals surface area contributed by atoms with Crippen LogP contribution in [0.2, 0.25) is 0 Å². The van der Waals surface area contributed by atoms with Gasteiger partial charge in [0.1, 0.15) is 10.7 Å². The summed E-state index contributed by atoms with van der Waals surface area (Å²) in [4.78, 5) is 16.6. The summed E-state index contributed by atoms with van der Waals surface area (Å²) in [6, 6.07) is 8.13. The molecule has 3 rings (SSSR count). The van der Waals surface area contributed by atoms with E-state index in [1.54, 1.807) is 0 Å². The Morgan fingerprint density at radius 3 is 2.36 bits per heavy atom. The van der Waals surface area contributed by atoms with E-state index in [1.807, 2.05) is 12.1 Å². The fraction of sp³-hybridized carbons (Fsp3) is 0.267.